The first kappa shape index (κ1) is 18.6. The van der Waals surface area contributed by atoms with Gasteiger partial charge in [-0.15, -0.1) is 0 Å². The molecule has 1 saturated carbocycles. The second-order valence-corrected chi connectivity index (χ2v) is 8.54. The summed E-state index contributed by atoms with van der Waals surface area (Å²) in [5.74, 6) is 0.870. The van der Waals surface area contributed by atoms with Gasteiger partial charge in [0.25, 0.3) is 0 Å². The first-order chi connectivity index (χ1) is 10.8. The average Bonchev–Trinajstić information content (AvgIpc) is 2.68. The summed E-state index contributed by atoms with van der Waals surface area (Å²) in [5.41, 5.74) is -0.413. The Balaban J connectivity index is 1.84. The Labute approximate surface area is 142 Å². The lowest BCUT2D eigenvalue weighted by molar-refractivity contribution is 0.00960. The Morgan fingerprint density at radius 2 is 1.87 bits per heavy atom. The van der Waals surface area contributed by atoms with Crippen LogP contribution in [-0.2, 0) is 4.74 Å². The maximum Gasteiger partial charge on any atom is 0.410 e. The highest BCUT2D eigenvalue weighted by atomic mass is 16.6. The molecular formula is C19H36N2O2. The summed E-state index contributed by atoms with van der Waals surface area (Å²) in [5, 5.41) is 3.75. The standard InChI is InChI=1S/C19H36N2O2/c1-15-8-7-9-16(12-11-15)20-14-17-10-5-6-13-21(17)18(22)23-19(2,3)4/h15-17,20H,5-14H2,1-4H3. The molecule has 1 N–H and O–H groups in total. The van der Waals surface area contributed by atoms with Gasteiger partial charge in [0.2, 0.25) is 0 Å². The first-order valence-corrected chi connectivity index (χ1v) is 9.58. The van der Waals surface area contributed by atoms with Gasteiger partial charge in [-0.25, -0.2) is 4.79 Å². The molecule has 0 aromatic carbocycles. The molecule has 3 atom stereocenters. The molecular weight excluding hydrogens is 288 g/mol. The molecule has 4 nitrogen and oxygen atoms in total. The number of piperidine rings is 1. The van der Waals surface area contributed by atoms with Crippen molar-refractivity contribution >= 4 is 6.09 Å². The average molecular weight is 325 g/mol. The third-order valence-electron chi connectivity index (χ3n) is 5.15. The van der Waals surface area contributed by atoms with E-state index in [4.69, 9.17) is 4.74 Å². The van der Waals surface area contributed by atoms with Crippen molar-refractivity contribution in [3.8, 4) is 0 Å². The van der Waals surface area contributed by atoms with Gasteiger partial charge in [0.15, 0.2) is 0 Å². The van der Waals surface area contributed by atoms with Crippen LogP contribution in [0.15, 0.2) is 0 Å². The number of nitrogens with one attached hydrogen (secondary N) is 1. The number of amides is 1. The van der Waals surface area contributed by atoms with Crippen LogP contribution in [0.1, 0.15) is 79.1 Å². The van der Waals surface area contributed by atoms with Crippen molar-refractivity contribution in [3.05, 3.63) is 0 Å². The van der Waals surface area contributed by atoms with E-state index >= 15 is 0 Å². The fourth-order valence-electron chi connectivity index (χ4n) is 3.77. The van der Waals surface area contributed by atoms with Crippen LogP contribution >= 0.6 is 0 Å². The highest BCUT2D eigenvalue weighted by Gasteiger charge is 2.30. The summed E-state index contributed by atoms with van der Waals surface area (Å²) in [4.78, 5) is 14.4. The van der Waals surface area contributed by atoms with Gasteiger partial charge in [0.1, 0.15) is 5.60 Å². The Morgan fingerprint density at radius 1 is 1.09 bits per heavy atom. The summed E-state index contributed by atoms with van der Waals surface area (Å²) < 4.78 is 5.59. The van der Waals surface area contributed by atoms with E-state index in [-0.39, 0.29) is 6.09 Å². The lowest BCUT2D eigenvalue weighted by Gasteiger charge is -2.37. The second kappa shape index (κ2) is 8.36. The third kappa shape index (κ3) is 6.33. The third-order valence-corrected chi connectivity index (χ3v) is 5.15. The van der Waals surface area contributed by atoms with Crippen molar-refractivity contribution in [3.63, 3.8) is 0 Å². The highest BCUT2D eigenvalue weighted by Crippen LogP contribution is 2.24. The zero-order valence-corrected chi connectivity index (χ0v) is 15.6. The minimum absolute atomic E-state index is 0.140. The van der Waals surface area contributed by atoms with Gasteiger partial charge in [0, 0.05) is 25.2 Å². The summed E-state index contributed by atoms with van der Waals surface area (Å²) in [7, 11) is 0. The highest BCUT2D eigenvalue weighted by molar-refractivity contribution is 5.68. The number of nitrogens with zero attached hydrogens (tertiary/aromatic N) is 1. The molecule has 1 amide bonds. The van der Waals surface area contributed by atoms with E-state index in [1.54, 1.807) is 0 Å². The lowest BCUT2D eigenvalue weighted by atomic mass is 10.0. The number of carbonyl (C=O) groups excluding carboxylic acids is 1. The molecule has 1 aliphatic heterocycles. The van der Waals surface area contributed by atoms with Gasteiger partial charge in [-0.2, -0.15) is 0 Å². The van der Waals surface area contributed by atoms with Crippen LogP contribution in [0.25, 0.3) is 0 Å². The molecule has 1 aliphatic carbocycles. The van der Waals surface area contributed by atoms with Crippen molar-refractivity contribution in [2.45, 2.75) is 96.7 Å². The van der Waals surface area contributed by atoms with Crippen LogP contribution in [0.4, 0.5) is 4.79 Å². The van der Waals surface area contributed by atoms with Gasteiger partial charge >= 0.3 is 6.09 Å². The van der Waals surface area contributed by atoms with Crippen LogP contribution < -0.4 is 5.32 Å². The summed E-state index contributed by atoms with van der Waals surface area (Å²) >= 11 is 0. The van der Waals surface area contributed by atoms with Crippen LogP contribution in [0.2, 0.25) is 0 Å². The molecule has 2 fully saturated rings. The Hall–Kier alpha value is -0.770. The largest absolute Gasteiger partial charge is 0.444 e. The molecule has 0 radical (unpaired) electrons. The molecule has 1 saturated heterocycles. The molecule has 1 heterocycles. The molecule has 2 rings (SSSR count). The Morgan fingerprint density at radius 3 is 2.61 bits per heavy atom. The van der Waals surface area contributed by atoms with E-state index in [0.717, 1.165) is 31.8 Å². The van der Waals surface area contributed by atoms with E-state index < -0.39 is 5.60 Å². The topological polar surface area (TPSA) is 41.6 Å². The number of hydrogen-bond acceptors (Lipinski definition) is 3. The summed E-state index contributed by atoms with van der Waals surface area (Å²) in [6, 6.07) is 0.918. The number of rotatable bonds is 3. The predicted octanol–water partition coefficient (Wildman–Crippen LogP) is 4.33. The quantitative estimate of drug-likeness (QED) is 0.785. The van der Waals surface area contributed by atoms with E-state index in [9.17, 15) is 4.79 Å². The maximum absolute atomic E-state index is 12.4. The molecule has 4 heteroatoms. The molecule has 0 spiro atoms. The van der Waals surface area contributed by atoms with Crippen LogP contribution in [0.5, 0.6) is 0 Å². The van der Waals surface area contributed by atoms with Gasteiger partial charge in [0.05, 0.1) is 0 Å². The van der Waals surface area contributed by atoms with Crippen molar-refractivity contribution in [1.29, 1.82) is 0 Å². The van der Waals surface area contributed by atoms with Crippen molar-refractivity contribution in [1.82, 2.24) is 10.2 Å². The van der Waals surface area contributed by atoms with Crippen molar-refractivity contribution in [2.75, 3.05) is 13.1 Å². The molecule has 134 valence electrons. The van der Waals surface area contributed by atoms with Crippen molar-refractivity contribution in [2.24, 2.45) is 5.92 Å². The lowest BCUT2D eigenvalue weighted by Crippen LogP contribution is -2.51. The Kier molecular flexibility index (Phi) is 6.75. The number of hydrogen-bond donors (Lipinski definition) is 1. The predicted molar refractivity (Wildman–Crippen MR) is 94.6 cm³/mol. The zero-order chi connectivity index (χ0) is 16.9. The van der Waals surface area contributed by atoms with Crippen LogP contribution in [0, 0.1) is 5.92 Å². The molecule has 0 aromatic heterocycles. The SMILES string of the molecule is CC1CCCC(NCC2CCCCN2C(=O)OC(C)(C)C)CC1. The van der Waals surface area contributed by atoms with E-state index in [0.29, 0.717) is 12.1 Å². The first-order valence-electron chi connectivity index (χ1n) is 9.58. The minimum atomic E-state index is -0.413. The molecule has 2 aliphatic rings. The van der Waals surface area contributed by atoms with E-state index in [2.05, 4.69) is 12.2 Å². The van der Waals surface area contributed by atoms with Gasteiger partial charge in [-0.3, -0.25) is 0 Å². The van der Waals surface area contributed by atoms with Crippen molar-refractivity contribution < 1.29 is 9.53 Å². The summed E-state index contributed by atoms with van der Waals surface area (Å²) in [6.07, 6.45) is 9.85. The Bertz CT molecular complexity index is 378. The molecule has 0 aromatic rings. The fourth-order valence-corrected chi connectivity index (χ4v) is 3.77. The van der Waals surface area contributed by atoms with Gasteiger partial charge in [-0.05, 0) is 65.2 Å². The maximum atomic E-state index is 12.4. The van der Waals surface area contributed by atoms with Crippen LogP contribution in [-0.4, -0.2) is 41.8 Å². The van der Waals surface area contributed by atoms with E-state index in [1.807, 2.05) is 25.7 Å². The number of carbonyl (C=O) groups is 1. The van der Waals surface area contributed by atoms with Gasteiger partial charge in [-0.1, -0.05) is 19.8 Å². The molecule has 23 heavy (non-hydrogen) atoms. The molecule has 0 bridgehead atoms. The van der Waals surface area contributed by atoms with Crippen LogP contribution in [0.3, 0.4) is 0 Å². The monoisotopic (exact) mass is 324 g/mol. The summed E-state index contributed by atoms with van der Waals surface area (Å²) in [6.45, 7) is 9.94. The zero-order valence-electron chi connectivity index (χ0n) is 15.6. The minimum Gasteiger partial charge on any atom is -0.444 e. The molecule has 3 unspecified atom stereocenters. The fraction of sp³-hybridized carbons (Fsp3) is 0.947. The van der Waals surface area contributed by atoms with Gasteiger partial charge < -0.3 is 15.0 Å². The number of ether oxygens (including phenoxy) is 1. The smallest absolute Gasteiger partial charge is 0.410 e. The normalized spacial score (nSPS) is 29.9. The number of likely N-dealkylation sites (tertiary alicyclic amines) is 1. The van der Waals surface area contributed by atoms with E-state index in [1.165, 1.54) is 38.5 Å². The second-order valence-electron chi connectivity index (χ2n) is 8.54.